The van der Waals surface area contributed by atoms with Gasteiger partial charge < -0.3 is 9.64 Å². The maximum atomic E-state index is 13.6. The van der Waals surface area contributed by atoms with Gasteiger partial charge in [0.1, 0.15) is 11.6 Å². The Labute approximate surface area is 172 Å². The summed E-state index contributed by atoms with van der Waals surface area (Å²) in [5, 5.41) is 0. The van der Waals surface area contributed by atoms with Crippen LogP contribution in [0.4, 0.5) is 10.1 Å². The maximum absolute atomic E-state index is 13.6. The van der Waals surface area contributed by atoms with Gasteiger partial charge in [-0.3, -0.25) is 19.4 Å². The normalized spacial score (nSPS) is 23.1. The molecule has 0 aromatic heterocycles. The lowest BCUT2D eigenvalue weighted by molar-refractivity contribution is -0.139. The number of hydrogen-bond donors (Lipinski definition) is 0. The van der Waals surface area contributed by atoms with Gasteiger partial charge in [0.25, 0.3) is 0 Å². The lowest BCUT2D eigenvalue weighted by Crippen LogP contribution is -2.47. The zero-order valence-electron chi connectivity index (χ0n) is 16.7. The van der Waals surface area contributed by atoms with Gasteiger partial charge >= 0.3 is 0 Å². The summed E-state index contributed by atoms with van der Waals surface area (Å²) in [7, 11) is 1.59. The molecule has 28 heavy (non-hydrogen) atoms. The fourth-order valence-electron chi connectivity index (χ4n) is 3.82. The number of halogens is 2. The molecule has 0 radical (unpaired) electrons. The SMILES string of the molecule is COc1ccc(F)cc1N1CCN(CCCN2C(=O)C(C)C(C)C2=O)CC1.Cl. The molecule has 1 aromatic carbocycles. The van der Waals surface area contributed by atoms with Crippen LogP contribution in [0.2, 0.25) is 0 Å². The number of likely N-dealkylation sites (tertiary alicyclic amines) is 1. The Kier molecular flexibility index (Phi) is 7.66. The molecule has 2 amide bonds. The average molecular weight is 414 g/mol. The molecular weight excluding hydrogens is 385 g/mol. The third kappa shape index (κ3) is 4.58. The van der Waals surface area contributed by atoms with Crippen LogP contribution < -0.4 is 9.64 Å². The van der Waals surface area contributed by atoms with E-state index in [-0.39, 0.29) is 41.9 Å². The van der Waals surface area contributed by atoms with Crippen molar-refractivity contribution in [2.24, 2.45) is 11.8 Å². The fourth-order valence-corrected chi connectivity index (χ4v) is 3.82. The van der Waals surface area contributed by atoms with E-state index >= 15 is 0 Å². The number of carbonyl (C=O) groups is 2. The van der Waals surface area contributed by atoms with Crippen molar-refractivity contribution in [2.75, 3.05) is 51.3 Å². The van der Waals surface area contributed by atoms with Gasteiger partial charge in [0, 0.05) is 50.6 Å². The monoisotopic (exact) mass is 413 g/mol. The van der Waals surface area contributed by atoms with Gasteiger partial charge in [0.05, 0.1) is 12.8 Å². The minimum absolute atomic E-state index is 0. The molecule has 6 nitrogen and oxygen atoms in total. The zero-order valence-corrected chi connectivity index (χ0v) is 17.5. The average Bonchev–Trinajstić information content (AvgIpc) is 2.86. The molecule has 2 fully saturated rings. The van der Waals surface area contributed by atoms with Gasteiger partial charge in [-0.15, -0.1) is 12.4 Å². The minimum atomic E-state index is -0.267. The summed E-state index contributed by atoms with van der Waals surface area (Å²) in [6, 6.07) is 4.58. The molecule has 0 bridgehead atoms. The first-order chi connectivity index (χ1) is 12.9. The molecule has 8 heteroatoms. The first kappa shape index (κ1) is 22.4. The Balaban J connectivity index is 0.00000280. The van der Waals surface area contributed by atoms with Crippen LogP contribution in [0.15, 0.2) is 18.2 Å². The Hall–Kier alpha value is -1.86. The second-order valence-electron chi connectivity index (χ2n) is 7.40. The highest BCUT2D eigenvalue weighted by molar-refractivity contribution is 6.04. The number of carbonyl (C=O) groups excluding carboxylic acids is 2. The van der Waals surface area contributed by atoms with Crippen molar-refractivity contribution in [2.45, 2.75) is 20.3 Å². The Morgan fingerprint density at radius 1 is 1.04 bits per heavy atom. The van der Waals surface area contributed by atoms with Crippen molar-refractivity contribution in [1.82, 2.24) is 9.80 Å². The number of amides is 2. The zero-order chi connectivity index (χ0) is 19.6. The number of piperazine rings is 1. The molecule has 2 aliphatic heterocycles. The first-order valence-electron chi connectivity index (χ1n) is 9.58. The van der Waals surface area contributed by atoms with E-state index < -0.39 is 0 Å². The number of benzene rings is 1. The number of rotatable bonds is 6. The predicted octanol–water partition coefficient (Wildman–Crippen LogP) is 2.41. The molecule has 1 aromatic rings. The van der Waals surface area contributed by atoms with Gasteiger partial charge in [-0.1, -0.05) is 13.8 Å². The fraction of sp³-hybridized carbons (Fsp3) is 0.600. The van der Waals surface area contributed by atoms with E-state index in [9.17, 15) is 14.0 Å². The molecular formula is C20H29ClFN3O3. The van der Waals surface area contributed by atoms with E-state index in [0.717, 1.165) is 44.8 Å². The third-order valence-corrected chi connectivity index (χ3v) is 5.77. The Bertz CT molecular complexity index is 690. The van der Waals surface area contributed by atoms with Crippen molar-refractivity contribution in [1.29, 1.82) is 0 Å². The number of ether oxygens (including phenoxy) is 1. The molecule has 2 aliphatic rings. The van der Waals surface area contributed by atoms with Crippen LogP contribution in [0, 0.1) is 17.7 Å². The van der Waals surface area contributed by atoms with Gasteiger partial charge in [-0.2, -0.15) is 0 Å². The molecule has 0 aliphatic carbocycles. The van der Waals surface area contributed by atoms with Crippen molar-refractivity contribution >= 4 is 29.9 Å². The van der Waals surface area contributed by atoms with E-state index in [4.69, 9.17) is 4.74 Å². The molecule has 0 saturated carbocycles. The predicted molar refractivity (Wildman–Crippen MR) is 109 cm³/mol. The summed E-state index contributed by atoms with van der Waals surface area (Å²) in [6.45, 7) is 8.27. The van der Waals surface area contributed by atoms with Crippen molar-refractivity contribution in [3.63, 3.8) is 0 Å². The minimum Gasteiger partial charge on any atom is -0.495 e. The van der Waals surface area contributed by atoms with Crippen LogP contribution in [-0.4, -0.2) is 68.0 Å². The summed E-state index contributed by atoms with van der Waals surface area (Å²) in [4.78, 5) is 30.2. The van der Waals surface area contributed by atoms with E-state index in [1.54, 1.807) is 13.2 Å². The number of nitrogens with zero attached hydrogens (tertiary/aromatic N) is 3. The Morgan fingerprint density at radius 2 is 1.64 bits per heavy atom. The maximum Gasteiger partial charge on any atom is 0.232 e. The highest BCUT2D eigenvalue weighted by Crippen LogP contribution is 2.30. The van der Waals surface area contributed by atoms with Gasteiger partial charge in [0.15, 0.2) is 0 Å². The smallest absolute Gasteiger partial charge is 0.232 e. The standard InChI is InChI=1S/C20H28FN3O3.ClH/c1-14-15(2)20(26)24(19(14)25)8-4-7-22-9-11-23(12-10-22)17-13-16(21)5-6-18(17)27-3;/h5-6,13-15H,4,7-12H2,1-3H3;1H. The first-order valence-corrected chi connectivity index (χ1v) is 9.58. The second-order valence-corrected chi connectivity index (χ2v) is 7.40. The summed E-state index contributed by atoms with van der Waals surface area (Å²) in [6.07, 6.45) is 0.778. The lowest BCUT2D eigenvalue weighted by atomic mass is 10.00. The van der Waals surface area contributed by atoms with E-state index in [2.05, 4.69) is 9.80 Å². The van der Waals surface area contributed by atoms with Crippen LogP contribution >= 0.6 is 12.4 Å². The largest absolute Gasteiger partial charge is 0.495 e. The molecule has 0 N–H and O–H groups in total. The summed E-state index contributed by atoms with van der Waals surface area (Å²) in [5.74, 6) is -0.0913. The van der Waals surface area contributed by atoms with Crippen molar-refractivity contribution < 1.29 is 18.7 Å². The summed E-state index contributed by atoms with van der Waals surface area (Å²) < 4.78 is 18.9. The molecule has 3 rings (SSSR count). The van der Waals surface area contributed by atoms with Crippen LogP contribution in [0.25, 0.3) is 0 Å². The van der Waals surface area contributed by atoms with Gasteiger partial charge in [-0.25, -0.2) is 4.39 Å². The highest BCUT2D eigenvalue weighted by atomic mass is 35.5. The van der Waals surface area contributed by atoms with Gasteiger partial charge in [-0.05, 0) is 25.1 Å². The van der Waals surface area contributed by atoms with E-state index in [0.29, 0.717) is 12.3 Å². The van der Waals surface area contributed by atoms with Crippen LogP contribution in [-0.2, 0) is 9.59 Å². The van der Waals surface area contributed by atoms with E-state index in [1.807, 2.05) is 13.8 Å². The molecule has 2 unspecified atom stereocenters. The highest BCUT2D eigenvalue weighted by Gasteiger charge is 2.41. The quantitative estimate of drug-likeness (QED) is 0.670. The van der Waals surface area contributed by atoms with Crippen molar-refractivity contribution in [3.8, 4) is 5.75 Å². The molecule has 2 saturated heterocycles. The molecule has 2 heterocycles. The van der Waals surface area contributed by atoms with Crippen LogP contribution in [0.3, 0.4) is 0 Å². The topological polar surface area (TPSA) is 53.1 Å². The number of anilines is 1. The molecule has 156 valence electrons. The van der Waals surface area contributed by atoms with Crippen molar-refractivity contribution in [3.05, 3.63) is 24.0 Å². The molecule has 0 spiro atoms. The number of methoxy groups -OCH3 is 1. The molecule has 2 atom stereocenters. The van der Waals surface area contributed by atoms with E-state index in [1.165, 1.54) is 17.0 Å². The summed E-state index contributed by atoms with van der Waals surface area (Å²) >= 11 is 0. The summed E-state index contributed by atoms with van der Waals surface area (Å²) in [5.41, 5.74) is 0.786. The number of imide groups is 1. The number of hydrogen-bond acceptors (Lipinski definition) is 5. The van der Waals surface area contributed by atoms with Crippen LogP contribution in [0.5, 0.6) is 5.75 Å². The van der Waals surface area contributed by atoms with Crippen LogP contribution in [0.1, 0.15) is 20.3 Å². The lowest BCUT2D eigenvalue weighted by Gasteiger charge is -2.36. The second kappa shape index (κ2) is 9.56. The van der Waals surface area contributed by atoms with Gasteiger partial charge in [0.2, 0.25) is 11.8 Å². The Morgan fingerprint density at radius 3 is 2.21 bits per heavy atom. The third-order valence-electron chi connectivity index (χ3n) is 5.77.